The minimum atomic E-state index is 0.354. The molecule has 0 spiro atoms. The lowest BCUT2D eigenvalue weighted by Crippen LogP contribution is -1.95. The topological polar surface area (TPSA) is 51.8 Å². The Morgan fingerprint density at radius 1 is 1.06 bits per heavy atom. The molecule has 0 amide bonds. The van der Waals surface area contributed by atoms with Crippen LogP contribution in [-0.4, -0.2) is 9.97 Å². The van der Waals surface area contributed by atoms with Crippen LogP contribution < -0.4 is 5.73 Å². The molecule has 82 valence electrons. The number of nitrogen functional groups attached to an aromatic ring is 1. The molecule has 0 fully saturated rings. The molecule has 2 aromatic rings. The van der Waals surface area contributed by atoms with Gasteiger partial charge in [-0.25, -0.2) is 9.97 Å². The number of benzene rings is 1. The molecule has 3 nitrogen and oxygen atoms in total. The second kappa shape index (κ2) is 4.45. The normalized spacial score (nSPS) is 10.4. The summed E-state index contributed by atoms with van der Waals surface area (Å²) >= 11 is 17.9. The van der Waals surface area contributed by atoms with Crippen LogP contribution in [0.25, 0.3) is 11.4 Å². The van der Waals surface area contributed by atoms with Crippen LogP contribution >= 0.6 is 34.8 Å². The van der Waals surface area contributed by atoms with Crippen molar-refractivity contribution >= 4 is 40.6 Å². The van der Waals surface area contributed by atoms with Crippen molar-refractivity contribution in [1.82, 2.24) is 9.97 Å². The van der Waals surface area contributed by atoms with Crippen molar-refractivity contribution in [3.63, 3.8) is 0 Å². The van der Waals surface area contributed by atoms with Gasteiger partial charge in [0.25, 0.3) is 0 Å². The fraction of sp³-hybridized carbons (Fsp3) is 0. The molecule has 1 aromatic carbocycles. The number of nitrogens with zero attached hydrogens (tertiary/aromatic N) is 2. The summed E-state index contributed by atoms with van der Waals surface area (Å²) in [6.07, 6.45) is 1.54. The SMILES string of the molecule is Nc1ccnc(-c2c(Cl)cc(Cl)cc2Cl)n1. The second-order valence-corrected chi connectivity index (χ2v) is 4.30. The monoisotopic (exact) mass is 273 g/mol. The summed E-state index contributed by atoms with van der Waals surface area (Å²) in [7, 11) is 0. The third-order valence-electron chi connectivity index (χ3n) is 1.91. The average molecular weight is 275 g/mol. The van der Waals surface area contributed by atoms with Crippen molar-refractivity contribution in [2.45, 2.75) is 0 Å². The summed E-state index contributed by atoms with van der Waals surface area (Å²) in [5.74, 6) is 0.735. The van der Waals surface area contributed by atoms with Crippen molar-refractivity contribution in [1.29, 1.82) is 0 Å². The third-order valence-corrected chi connectivity index (χ3v) is 2.72. The van der Waals surface area contributed by atoms with Gasteiger partial charge in [0.15, 0.2) is 5.82 Å². The molecule has 6 heteroatoms. The molecule has 0 unspecified atom stereocenters. The van der Waals surface area contributed by atoms with Gasteiger partial charge in [0.1, 0.15) is 5.82 Å². The molecule has 0 radical (unpaired) electrons. The minimum Gasteiger partial charge on any atom is -0.384 e. The zero-order chi connectivity index (χ0) is 11.7. The van der Waals surface area contributed by atoms with Gasteiger partial charge in [0.05, 0.1) is 15.6 Å². The first-order valence-electron chi connectivity index (χ1n) is 4.31. The van der Waals surface area contributed by atoms with Gasteiger partial charge in [0, 0.05) is 11.2 Å². The highest BCUT2D eigenvalue weighted by molar-refractivity contribution is 6.41. The zero-order valence-corrected chi connectivity index (χ0v) is 10.2. The van der Waals surface area contributed by atoms with E-state index >= 15 is 0 Å². The average Bonchev–Trinajstić information content (AvgIpc) is 2.15. The minimum absolute atomic E-state index is 0.354. The van der Waals surface area contributed by atoms with Crippen LogP contribution in [0.1, 0.15) is 0 Å². The van der Waals surface area contributed by atoms with E-state index in [1.807, 2.05) is 0 Å². The Balaban J connectivity index is 2.64. The van der Waals surface area contributed by atoms with Gasteiger partial charge in [0.2, 0.25) is 0 Å². The lowest BCUT2D eigenvalue weighted by atomic mass is 10.2. The van der Waals surface area contributed by atoms with Gasteiger partial charge in [-0.2, -0.15) is 0 Å². The van der Waals surface area contributed by atoms with Crippen LogP contribution in [0.5, 0.6) is 0 Å². The Morgan fingerprint density at radius 3 is 2.25 bits per heavy atom. The van der Waals surface area contributed by atoms with Gasteiger partial charge in [-0.3, -0.25) is 0 Å². The highest BCUT2D eigenvalue weighted by Crippen LogP contribution is 2.35. The highest BCUT2D eigenvalue weighted by atomic mass is 35.5. The van der Waals surface area contributed by atoms with Gasteiger partial charge in [-0.15, -0.1) is 0 Å². The van der Waals surface area contributed by atoms with Crippen LogP contribution in [-0.2, 0) is 0 Å². The lowest BCUT2D eigenvalue weighted by Gasteiger charge is -2.06. The molecule has 1 aromatic heterocycles. The number of nitrogens with two attached hydrogens (primary N) is 1. The summed E-state index contributed by atoms with van der Waals surface area (Å²) in [5, 5.41) is 1.24. The van der Waals surface area contributed by atoms with Crippen LogP contribution in [0.4, 0.5) is 5.82 Å². The Morgan fingerprint density at radius 2 is 1.69 bits per heavy atom. The van der Waals surface area contributed by atoms with E-state index in [4.69, 9.17) is 40.5 Å². The maximum Gasteiger partial charge on any atom is 0.164 e. The van der Waals surface area contributed by atoms with E-state index in [0.29, 0.717) is 32.3 Å². The largest absolute Gasteiger partial charge is 0.384 e. The summed E-state index contributed by atoms with van der Waals surface area (Å²) < 4.78 is 0. The maximum absolute atomic E-state index is 6.03. The van der Waals surface area contributed by atoms with E-state index in [1.54, 1.807) is 24.4 Å². The molecule has 0 saturated carbocycles. The summed E-state index contributed by atoms with van der Waals surface area (Å²) in [6.45, 7) is 0. The molecule has 0 aliphatic heterocycles. The van der Waals surface area contributed by atoms with E-state index in [2.05, 4.69) is 9.97 Å². The number of anilines is 1. The smallest absolute Gasteiger partial charge is 0.164 e. The fourth-order valence-electron chi connectivity index (χ4n) is 1.25. The summed E-state index contributed by atoms with van der Waals surface area (Å²) in [4.78, 5) is 8.11. The molecular formula is C10H6Cl3N3. The van der Waals surface area contributed by atoms with Crippen LogP contribution in [0.2, 0.25) is 15.1 Å². The lowest BCUT2D eigenvalue weighted by molar-refractivity contribution is 1.18. The number of aromatic nitrogens is 2. The molecule has 16 heavy (non-hydrogen) atoms. The molecule has 2 N–H and O–H groups in total. The Labute approximate surface area is 107 Å². The maximum atomic E-state index is 6.03. The Bertz CT molecular complexity index is 520. The van der Waals surface area contributed by atoms with Crippen LogP contribution in [0, 0.1) is 0 Å². The van der Waals surface area contributed by atoms with Gasteiger partial charge < -0.3 is 5.73 Å². The first-order valence-corrected chi connectivity index (χ1v) is 5.45. The van der Waals surface area contributed by atoms with Crippen molar-refractivity contribution in [3.05, 3.63) is 39.5 Å². The molecular weight excluding hydrogens is 268 g/mol. The van der Waals surface area contributed by atoms with Crippen molar-refractivity contribution in [2.24, 2.45) is 0 Å². The Kier molecular flexibility index (Phi) is 3.19. The summed E-state index contributed by atoms with van der Waals surface area (Å²) in [5.41, 5.74) is 6.09. The van der Waals surface area contributed by atoms with E-state index in [1.165, 1.54) is 0 Å². The first-order chi connectivity index (χ1) is 7.58. The number of hydrogen-bond donors (Lipinski definition) is 1. The van der Waals surface area contributed by atoms with Gasteiger partial charge in [-0.05, 0) is 18.2 Å². The van der Waals surface area contributed by atoms with Crippen molar-refractivity contribution in [2.75, 3.05) is 5.73 Å². The highest BCUT2D eigenvalue weighted by Gasteiger charge is 2.12. The fourth-order valence-corrected chi connectivity index (χ4v) is 2.23. The van der Waals surface area contributed by atoms with Crippen LogP contribution in [0.15, 0.2) is 24.4 Å². The van der Waals surface area contributed by atoms with Crippen molar-refractivity contribution < 1.29 is 0 Å². The number of halogens is 3. The zero-order valence-electron chi connectivity index (χ0n) is 7.92. The summed E-state index contributed by atoms with van der Waals surface area (Å²) in [6, 6.07) is 4.75. The standard InChI is InChI=1S/C10H6Cl3N3/c11-5-3-6(12)9(7(13)4-5)10-15-2-1-8(14)16-10/h1-4H,(H2,14,15,16). The second-order valence-electron chi connectivity index (χ2n) is 3.05. The molecule has 0 aliphatic rings. The van der Waals surface area contributed by atoms with Gasteiger partial charge >= 0.3 is 0 Å². The number of hydrogen-bond acceptors (Lipinski definition) is 3. The third kappa shape index (κ3) is 2.21. The molecule has 1 heterocycles. The predicted molar refractivity (Wildman–Crippen MR) is 66.9 cm³/mol. The molecule has 0 bridgehead atoms. The Hall–Kier alpha value is -1.03. The van der Waals surface area contributed by atoms with Crippen LogP contribution in [0.3, 0.4) is 0 Å². The van der Waals surface area contributed by atoms with Crippen molar-refractivity contribution in [3.8, 4) is 11.4 Å². The molecule has 0 atom stereocenters. The molecule has 0 saturated heterocycles. The molecule has 0 aliphatic carbocycles. The van der Waals surface area contributed by atoms with E-state index in [-0.39, 0.29) is 0 Å². The van der Waals surface area contributed by atoms with E-state index in [0.717, 1.165) is 0 Å². The van der Waals surface area contributed by atoms with Gasteiger partial charge in [-0.1, -0.05) is 34.8 Å². The predicted octanol–water partition coefficient (Wildman–Crippen LogP) is 3.69. The van der Waals surface area contributed by atoms with E-state index < -0.39 is 0 Å². The first kappa shape index (κ1) is 11.5. The molecule has 2 rings (SSSR count). The number of rotatable bonds is 1. The quantitative estimate of drug-likeness (QED) is 0.863. The van der Waals surface area contributed by atoms with E-state index in [9.17, 15) is 0 Å².